The quantitative estimate of drug-likeness (QED) is 0.527. The van der Waals surface area contributed by atoms with Gasteiger partial charge in [-0.05, 0) is 39.5 Å². The zero-order valence-corrected chi connectivity index (χ0v) is 19.9. The Balaban J connectivity index is 0.000000553. The van der Waals surface area contributed by atoms with Crippen LogP contribution in [0, 0.1) is 5.92 Å². The first-order valence-electron chi connectivity index (χ1n) is 11.2. The summed E-state index contributed by atoms with van der Waals surface area (Å²) in [4.78, 5) is 37.7. The number of quaternary nitrogens is 1. The molecule has 0 saturated heterocycles. The van der Waals surface area contributed by atoms with E-state index in [9.17, 15) is 19.5 Å². The number of rotatable bonds is 9. The van der Waals surface area contributed by atoms with Crippen molar-refractivity contribution in [3.63, 3.8) is 0 Å². The van der Waals surface area contributed by atoms with E-state index in [1.807, 2.05) is 0 Å². The molecule has 1 fully saturated rings. The lowest BCUT2D eigenvalue weighted by Crippen LogP contribution is -3.11. The number of carbonyl (C=O) groups excluding carboxylic acids is 3. The molecule has 0 heterocycles. The summed E-state index contributed by atoms with van der Waals surface area (Å²) in [7, 11) is 0. The number of aliphatic carboxylic acids is 1. The molecule has 0 aromatic heterocycles. The maximum atomic E-state index is 12.2. The summed E-state index contributed by atoms with van der Waals surface area (Å²) in [5, 5.41) is 14.1. The number of thioether (sulfide) groups is 1. The Hall–Kier alpha value is -1.60. The topological polar surface area (TPSA) is 90.7 Å². The second-order valence-electron chi connectivity index (χ2n) is 8.17. The number of ketones is 2. The number of allylic oxidation sites excluding steroid dienone is 3. The molecule has 7 heteroatoms. The van der Waals surface area contributed by atoms with Crippen molar-refractivity contribution in [3.8, 4) is 0 Å². The molecule has 2 N–H and O–H groups in total. The Kier molecular flexibility index (Phi) is 12.0. The summed E-state index contributed by atoms with van der Waals surface area (Å²) in [5.41, 5.74) is 0.0332. The van der Waals surface area contributed by atoms with Gasteiger partial charge in [0.05, 0.1) is 42.2 Å². The third kappa shape index (κ3) is 8.64. The van der Waals surface area contributed by atoms with Crippen molar-refractivity contribution in [2.75, 3.05) is 19.6 Å². The van der Waals surface area contributed by atoms with Crippen molar-refractivity contribution in [1.29, 1.82) is 0 Å². The number of carboxylic acids is 1. The van der Waals surface area contributed by atoms with Crippen molar-refractivity contribution in [2.24, 2.45) is 5.92 Å². The van der Waals surface area contributed by atoms with Gasteiger partial charge in [-0.3, -0.25) is 9.59 Å². The first kappa shape index (κ1) is 26.4. The minimum Gasteiger partial charge on any atom is -0.548 e. The first-order valence-corrected chi connectivity index (χ1v) is 12.1. The van der Waals surface area contributed by atoms with Crippen LogP contribution in [0.3, 0.4) is 0 Å². The SMILES string of the molecule is CC(C)[C@H](NC1=CC(=O)C(SC2CCCCC2)=CC1=O)C(=O)[O-].CC[NH+](CC)CC. The summed E-state index contributed by atoms with van der Waals surface area (Å²) >= 11 is 1.48. The molecule has 0 bridgehead atoms. The monoisotopic (exact) mass is 438 g/mol. The minimum absolute atomic E-state index is 0.0332. The number of carboxylic acid groups (broad SMARTS) is 1. The van der Waals surface area contributed by atoms with Gasteiger partial charge in [0, 0.05) is 17.4 Å². The van der Waals surface area contributed by atoms with E-state index in [-0.39, 0.29) is 23.2 Å². The number of nitrogens with one attached hydrogen (secondary N) is 2. The average molecular weight is 439 g/mol. The van der Waals surface area contributed by atoms with Crippen molar-refractivity contribution in [3.05, 3.63) is 22.8 Å². The Bertz CT molecular complexity index is 642. The highest BCUT2D eigenvalue weighted by molar-refractivity contribution is 8.04. The van der Waals surface area contributed by atoms with Crippen LogP contribution in [0.4, 0.5) is 0 Å². The predicted molar refractivity (Wildman–Crippen MR) is 120 cm³/mol. The van der Waals surface area contributed by atoms with E-state index in [0.29, 0.717) is 10.2 Å². The number of carbonyl (C=O) groups is 3. The summed E-state index contributed by atoms with van der Waals surface area (Å²) in [6.07, 6.45) is 8.24. The maximum Gasteiger partial charge on any atom is 0.203 e. The largest absolute Gasteiger partial charge is 0.548 e. The molecule has 6 nitrogen and oxygen atoms in total. The molecule has 2 aliphatic rings. The van der Waals surface area contributed by atoms with Crippen LogP contribution < -0.4 is 15.3 Å². The van der Waals surface area contributed by atoms with E-state index >= 15 is 0 Å². The van der Waals surface area contributed by atoms with Gasteiger partial charge < -0.3 is 20.1 Å². The summed E-state index contributed by atoms with van der Waals surface area (Å²) < 4.78 is 0. The Morgan fingerprint density at radius 1 is 1.07 bits per heavy atom. The Morgan fingerprint density at radius 3 is 2.07 bits per heavy atom. The van der Waals surface area contributed by atoms with Gasteiger partial charge in [0.25, 0.3) is 0 Å². The van der Waals surface area contributed by atoms with Crippen LogP contribution in [-0.2, 0) is 14.4 Å². The predicted octanol–water partition coefficient (Wildman–Crippen LogP) is 1.27. The van der Waals surface area contributed by atoms with E-state index in [1.165, 1.54) is 50.0 Å². The van der Waals surface area contributed by atoms with Crippen molar-refractivity contribution in [1.82, 2.24) is 5.32 Å². The molecule has 0 amide bonds. The van der Waals surface area contributed by atoms with E-state index < -0.39 is 12.0 Å². The van der Waals surface area contributed by atoms with Gasteiger partial charge in [-0.1, -0.05) is 33.1 Å². The third-order valence-corrected chi connectivity index (χ3v) is 7.00. The van der Waals surface area contributed by atoms with Crippen LogP contribution in [0.5, 0.6) is 0 Å². The summed E-state index contributed by atoms with van der Waals surface area (Å²) in [6, 6.07) is -1.00. The molecule has 0 spiro atoms. The van der Waals surface area contributed by atoms with Crippen LogP contribution in [0.2, 0.25) is 0 Å². The fourth-order valence-electron chi connectivity index (χ4n) is 3.52. The van der Waals surface area contributed by atoms with Crippen LogP contribution in [0.1, 0.15) is 66.7 Å². The van der Waals surface area contributed by atoms with Gasteiger partial charge >= 0.3 is 0 Å². The minimum atomic E-state index is -1.28. The zero-order chi connectivity index (χ0) is 22.7. The molecule has 0 unspecified atom stereocenters. The maximum absolute atomic E-state index is 12.2. The van der Waals surface area contributed by atoms with Gasteiger partial charge in [-0.15, -0.1) is 11.8 Å². The van der Waals surface area contributed by atoms with Crippen molar-refractivity contribution < 1.29 is 24.4 Å². The smallest absolute Gasteiger partial charge is 0.203 e. The molecule has 0 radical (unpaired) electrons. The highest BCUT2D eigenvalue weighted by Gasteiger charge is 2.26. The normalized spacial score (nSPS) is 18.5. The lowest BCUT2D eigenvalue weighted by Gasteiger charge is -2.26. The number of hydrogen-bond acceptors (Lipinski definition) is 6. The molecule has 170 valence electrons. The lowest BCUT2D eigenvalue weighted by molar-refractivity contribution is -0.894. The lowest BCUT2D eigenvalue weighted by atomic mass is 10.0. The van der Waals surface area contributed by atoms with E-state index in [0.717, 1.165) is 25.7 Å². The fraction of sp³-hybridized carbons (Fsp3) is 0.696. The van der Waals surface area contributed by atoms with Gasteiger partial charge in [0.2, 0.25) is 5.78 Å². The average Bonchev–Trinajstić information content (AvgIpc) is 2.71. The van der Waals surface area contributed by atoms with Gasteiger partial charge in [0.15, 0.2) is 5.78 Å². The number of hydrogen-bond donors (Lipinski definition) is 2. The standard InChI is InChI=1S/C17H23NO4S.C6H15N/c1-10(2)16(17(21)22)18-12-8-14(20)15(9-13(12)19)23-11-6-4-3-5-7-11;1-4-7(5-2)6-3/h8-11,16,18H,3-7H2,1-2H3,(H,21,22);4-6H2,1-3H3/t16-;/m0./s1. The van der Waals surface area contributed by atoms with Crippen LogP contribution in [-0.4, -0.2) is 48.5 Å². The van der Waals surface area contributed by atoms with Crippen LogP contribution in [0.25, 0.3) is 0 Å². The molecular formula is C23H38N2O4S. The van der Waals surface area contributed by atoms with Crippen molar-refractivity contribution in [2.45, 2.75) is 78.0 Å². The summed E-state index contributed by atoms with van der Waals surface area (Å²) in [6.45, 7) is 13.9. The van der Waals surface area contributed by atoms with Crippen LogP contribution in [0.15, 0.2) is 22.8 Å². The second kappa shape index (κ2) is 13.7. The Morgan fingerprint density at radius 2 is 1.63 bits per heavy atom. The molecule has 0 aromatic rings. The van der Waals surface area contributed by atoms with Crippen molar-refractivity contribution >= 4 is 29.3 Å². The molecule has 30 heavy (non-hydrogen) atoms. The molecule has 2 rings (SSSR count). The Labute approximate surface area is 185 Å². The molecule has 0 aromatic carbocycles. The second-order valence-corrected chi connectivity index (χ2v) is 9.51. The zero-order valence-electron chi connectivity index (χ0n) is 19.1. The van der Waals surface area contributed by atoms with Crippen LogP contribution >= 0.6 is 11.8 Å². The van der Waals surface area contributed by atoms with Gasteiger partial charge in [-0.2, -0.15) is 0 Å². The third-order valence-electron chi connectivity index (χ3n) is 5.62. The first-order chi connectivity index (χ1) is 14.2. The summed E-state index contributed by atoms with van der Waals surface area (Å²) in [5.74, 6) is -2.13. The van der Waals surface area contributed by atoms with Gasteiger partial charge in [0.1, 0.15) is 0 Å². The van der Waals surface area contributed by atoms with Gasteiger partial charge in [-0.25, -0.2) is 0 Å². The van der Waals surface area contributed by atoms with E-state index in [4.69, 9.17) is 0 Å². The molecule has 1 saturated carbocycles. The highest BCUT2D eigenvalue weighted by atomic mass is 32.2. The van der Waals surface area contributed by atoms with E-state index in [2.05, 4.69) is 26.1 Å². The highest BCUT2D eigenvalue weighted by Crippen LogP contribution is 2.34. The molecular weight excluding hydrogens is 400 g/mol. The van der Waals surface area contributed by atoms with E-state index in [1.54, 1.807) is 18.7 Å². The molecule has 2 aliphatic carbocycles. The molecule has 0 aliphatic heterocycles. The fourth-order valence-corrected chi connectivity index (χ4v) is 4.80. The molecule has 1 atom stereocenters.